The Morgan fingerprint density at radius 1 is 1.38 bits per heavy atom. The highest BCUT2D eigenvalue weighted by atomic mass is 32.1. The van der Waals surface area contributed by atoms with Crippen LogP contribution in [0, 0.1) is 0 Å². The maximum atomic E-state index is 4.65. The van der Waals surface area contributed by atoms with Gasteiger partial charge < -0.3 is 10.2 Å². The minimum Gasteiger partial charge on any atom is -0.366 e. The molecular formula is C17H23N3S. The van der Waals surface area contributed by atoms with Crippen LogP contribution in [0.15, 0.2) is 29.8 Å². The van der Waals surface area contributed by atoms with Gasteiger partial charge in [-0.05, 0) is 55.5 Å². The molecule has 112 valence electrons. The molecule has 3 rings (SSSR count). The highest BCUT2D eigenvalue weighted by Crippen LogP contribution is 2.27. The Morgan fingerprint density at radius 3 is 3.05 bits per heavy atom. The van der Waals surface area contributed by atoms with Gasteiger partial charge in [0.1, 0.15) is 0 Å². The number of rotatable bonds is 5. The summed E-state index contributed by atoms with van der Waals surface area (Å²) >= 11 is 1.89. The van der Waals surface area contributed by atoms with E-state index in [4.69, 9.17) is 0 Å². The van der Waals surface area contributed by atoms with E-state index in [1.54, 1.807) is 4.88 Å². The molecule has 0 aliphatic carbocycles. The molecule has 3 nitrogen and oxygen atoms in total. The van der Waals surface area contributed by atoms with Crippen LogP contribution in [0.2, 0.25) is 0 Å². The summed E-state index contributed by atoms with van der Waals surface area (Å²) in [5, 5.41) is 5.69. The Morgan fingerprint density at radius 2 is 2.29 bits per heavy atom. The SMILES string of the molecule is CCCNC(C)c1ccc(N2CCc3sccc3C2)cn1. The lowest BCUT2D eigenvalue weighted by Crippen LogP contribution is -2.29. The van der Waals surface area contributed by atoms with E-state index in [1.165, 1.54) is 11.3 Å². The largest absolute Gasteiger partial charge is 0.366 e. The van der Waals surface area contributed by atoms with Crippen LogP contribution in [-0.2, 0) is 13.0 Å². The van der Waals surface area contributed by atoms with Gasteiger partial charge in [-0.15, -0.1) is 11.3 Å². The molecule has 0 amide bonds. The highest BCUT2D eigenvalue weighted by Gasteiger charge is 2.18. The van der Waals surface area contributed by atoms with E-state index in [1.807, 2.05) is 17.5 Å². The molecule has 0 radical (unpaired) electrons. The van der Waals surface area contributed by atoms with E-state index in [-0.39, 0.29) is 0 Å². The zero-order valence-electron chi connectivity index (χ0n) is 12.8. The number of aromatic nitrogens is 1. The lowest BCUT2D eigenvalue weighted by atomic mass is 10.1. The summed E-state index contributed by atoms with van der Waals surface area (Å²) in [6.45, 7) is 7.51. The van der Waals surface area contributed by atoms with E-state index >= 15 is 0 Å². The van der Waals surface area contributed by atoms with Gasteiger partial charge in [0.15, 0.2) is 0 Å². The molecule has 0 fully saturated rings. The number of thiophene rings is 1. The highest BCUT2D eigenvalue weighted by molar-refractivity contribution is 7.10. The van der Waals surface area contributed by atoms with Crippen LogP contribution >= 0.6 is 11.3 Å². The average Bonchev–Trinajstić information content (AvgIpc) is 3.00. The van der Waals surface area contributed by atoms with E-state index in [0.717, 1.165) is 38.2 Å². The van der Waals surface area contributed by atoms with Crippen LogP contribution in [-0.4, -0.2) is 18.1 Å². The fourth-order valence-electron chi connectivity index (χ4n) is 2.77. The molecule has 2 aromatic rings. The molecule has 3 heterocycles. The maximum absolute atomic E-state index is 4.65. The van der Waals surface area contributed by atoms with Crippen molar-refractivity contribution in [3.8, 4) is 0 Å². The second-order valence-corrected chi connectivity index (χ2v) is 6.66. The van der Waals surface area contributed by atoms with Crippen LogP contribution in [0.25, 0.3) is 0 Å². The van der Waals surface area contributed by atoms with Gasteiger partial charge in [0.05, 0.1) is 17.6 Å². The number of hydrogen-bond acceptors (Lipinski definition) is 4. The van der Waals surface area contributed by atoms with Crippen molar-refractivity contribution in [3.05, 3.63) is 45.9 Å². The summed E-state index contributed by atoms with van der Waals surface area (Å²) in [5.74, 6) is 0. The van der Waals surface area contributed by atoms with Crippen molar-refractivity contribution in [3.63, 3.8) is 0 Å². The second-order valence-electron chi connectivity index (χ2n) is 5.66. The van der Waals surface area contributed by atoms with Gasteiger partial charge in [0.2, 0.25) is 0 Å². The number of fused-ring (bicyclic) bond motifs is 1. The molecule has 1 unspecified atom stereocenters. The molecular weight excluding hydrogens is 278 g/mol. The summed E-state index contributed by atoms with van der Waals surface area (Å²) in [4.78, 5) is 8.62. The fourth-order valence-corrected chi connectivity index (χ4v) is 3.66. The molecule has 1 atom stereocenters. The average molecular weight is 301 g/mol. The first-order valence-electron chi connectivity index (χ1n) is 7.77. The van der Waals surface area contributed by atoms with E-state index in [2.05, 4.69) is 52.6 Å². The van der Waals surface area contributed by atoms with Gasteiger partial charge in [0, 0.05) is 24.0 Å². The molecule has 1 aliphatic rings. The number of nitrogens with zero attached hydrogens (tertiary/aromatic N) is 2. The summed E-state index contributed by atoms with van der Waals surface area (Å²) in [6.07, 6.45) is 4.33. The number of hydrogen-bond donors (Lipinski definition) is 1. The first kappa shape index (κ1) is 14.5. The Hall–Kier alpha value is -1.39. The Kier molecular flexibility index (Phi) is 4.56. The summed E-state index contributed by atoms with van der Waals surface area (Å²) in [5.41, 5.74) is 3.84. The lowest BCUT2D eigenvalue weighted by molar-refractivity contribution is 0.558. The maximum Gasteiger partial charge on any atom is 0.0572 e. The Balaban J connectivity index is 1.67. The van der Waals surface area contributed by atoms with E-state index in [0.29, 0.717) is 6.04 Å². The molecule has 2 aromatic heterocycles. The molecule has 4 heteroatoms. The van der Waals surface area contributed by atoms with Crippen LogP contribution in [0.4, 0.5) is 5.69 Å². The quantitative estimate of drug-likeness (QED) is 0.911. The lowest BCUT2D eigenvalue weighted by Gasteiger charge is -2.29. The van der Waals surface area contributed by atoms with E-state index < -0.39 is 0 Å². The standard InChI is InChI=1S/C17H23N3S/c1-3-8-18-13(2)16-5-4-15(11-19-16)20-9-6-17-14(12-20)7-10-21-17/h4-5,7,10-11,13,18H,3,6,8-9,12H2,1-2H3. The number of nitrogens with one attached hydrogen (secondary N) is 1. The molecule has 21 heavy (non-hydrogen) atoms. The first-order valence-corrected chi connectivity index (χ1v) is 8.65. The van der Waals surface area contributed by atoms with Crippen LogP contribution < -0.4 is 10.2 Å². The van der Waals surface area contributed by atoms with Gasteiger partial charge in [-0.2, -0.15) is 0 Å². The number of anilines is 1. The molecule has 1 N–H and O–H groups in total. The van der Waals surface area contributed by atoms with E-state index in [9.17, 15) is 0 Å². The van der Waals surface area contributed by atoms with Gasteiger partial charge in [-0.25, -0.2) is 0 Å². The molecule has 0 spiro atoms. The molecule has 0 bridgehead atoms. The second kappa shape index (κ2) is 6.58. The van der Waals surface area contributed by atoms with Crippen molar-refractivity contribution in [2.75, 3.05) is 18.0 Å². The smallest absolute Gasteiger partial charge is 0.0572 e. The predicted molar refractivity (Wildman–Crippen MR) is 90.0 cm³/mol. The Bertz CT molecular complexity index is 576. The zero-order valence-corrected chi connectivity index (χ0v) is 13.6. The molecule has 0 aromatic carbocycles. The topological polar surface area (TPSA) is 28.2 Å². The van der Waals surface area contributed by atoms with Crippen molar-refractivity contribution in [1.29, 1.82) is 0 Å². The normalized spacial score (nSPS) is 15.8. The number of pyridine rings is 1. The van der Waals surface area contributed by atoms with Crippen molar-refractivity contribution in [2.24, 2.45) is 0 Å². The van der Waals surface area contributed by atoms with Crippen molar-refractivity contribution < 1.29 is 0 Å². The zero-order chi connectivity index (χ0) is 14.7. The van der Waals surface area contributed by atoms with Gasteiger partial charge in [-0.3, -0.25) is 4.98 Å². The Labute approximate surface area is 131 Å². The van der Waals surface area contributed by atoms with Crippen LogP contribution in [0.3, 0.4) is 0 Å². The third-order valence-electron chi connectivity index (χ3n) is 4.09. The molecule has 0 saturated carbocycles. The molecule has 1 aliphatic heterocycles. The van der Waals surface area contributed by atoms with Gasteiger partial charge in [-0.1, -0.05) is 6.92 Å². The summed E-state index contributed by atoms with van der Waals surface area (Å²) in [7, 11) is 0. The fraction of sp³-hybridized carbons (Fsp3) is 0.471. The summed E-state index contributed by atoms with van der Waals surface area (Å²) < 4.78 is 0. The first-order chi connectivity index (χ1) is 10.3. The van der Waals surface area contributed by atoms with Crippen LogP contribution in [0.5, 0.6) is 0 Å². The van der Waals surface area contributed by atoms with Crippen molar-refractivity contribution in [1.82, 2.24) is 10.3 Å². The monoisotopic (exact) mass is 301 g/mol. The third-order valence-corrected chi connectivity index (χ3v) is 5.11. The van der Waals surface area contributed by atoms with Gasteiger partial charge in [0.25, 0.3) is 0 Å². The molecule has 0 saturated heterocycles. The van der Waals surface area contributed by atoms with Crippen LogP contribution in [0.1, 0.15) is 42.4 Å². The predicted octanol–water partition coefficient (Wildman–Crippen LogP) is 3.77. The third kappa shape index (κ3) is 3.27. The van der Waals surface area contributed by atoms with Crippen molar-refractivity contribution in [2.45, 2.75) is 39.3 Å². The summed E-state index contributed by atoms with van der Waals surface area (Å²) in [6, 6.07) is 6.95. The minimum absolute atomic E-state index is 0.323. The minimum atomic E-state index is 0.323. The van der Waals surface area contributed by atoms with Crippen molar-refractivity contribution >= 4 is 17.0 Å². The van der Waals surface area contributed by atoms with Gasteiger partial charge >= 0.3 is 0 Å².